The molecule has 3 aromatic carbocycles. The molecular formula is C43H51NO6S. The van der Waals surface area contributed by atoms with E-state index in [9.17, 15) is 19.8 Å². The van der Waals surface area contributed by atoms with Gasteiger partial charge in [-0.15, -0.1) is 11.3 Å². The van der Waals surface area contributed by atoms with Crippen molar-refractivity contribution in [3.8, 4) is 5.75 Å². The third kappa shape index (κ3) is 8.15. The zero-order chi connectivity index (χ0) is 36.2. The first-order valence-corrected chi connectivity index (χ1v) is 19.1. The average molecular weight is 710 g/mol. The molecule has 0 aliphatic heterocycles. The molecule has 4 aromatic rings. The van der Waals surface area contributed by atoms with Crippen LogP contribution in [0.2, 0.25) is 0 Å². The van der Waals surface area contributed by atoms with E-state index in [1.165, 1.54) is 16.9 Å². The molecule has 4 atom stereocenters. The van der Waals surface area contributed by atoms with Gasteiger partial charge in [0.15, 0.2) is 0 Å². The molecule has 7 nitrogen and oxygen atoms in total. The summed E-state index contributed by atoms with van der Waals surface area (Å²) in [6.45, 7) is 7.17. The predicted octanol–water partition coefficient (Wildman–Crippen LogP) is 9.02. The standard InChI is InChI=1S/C43H51NO6S/c1-29-9-7-21-42(3)38(36-18-14-31(25-34(45)16-12-29)26-37(36)40(46)39-19-13-30(2)51-39)20-22-43(42,48)28-44(23-8-24-49-4)41(47)50-35-17-15-32-10-5-6-11-33(32)27-35/h5-6,9-11,13-15,17-19,26-27,34,38,45,48H,7-8,12,16,20-25,28H2,1-4H3. The molecule has 51 heavy (non-hydrogen) atoms. The molecule has 0 radical (unpaired) electrons. The van der Waals surface area contributed by atoms with Crippen LogP contribution in [0, 0.1) is 12.3 Å². The topological polar surface area (TPSA) is 96.3 Å². The number of fused-ring (bicyclic) bond motifs is 9. The highest BCUT2D eigenvalue weighted by atomic mass is 32.1. The molecule has 0 spiro atoms. The molecular weight excluding hydrogens is 659 g/mol. The van der Waals surface area contributed by atoms with Crippen molar-refractivity contribution in [3.63, 3.8) is 0 Å². The number of aliphatic hydroxyl groups excluding tert-OH is 1. The Morgan fingerprint density at radius 3 is 2.55 bits per heavy atom. The molecule has 1 amide bonds. The molecule has 7 rings (SSSR count). The molecule has 1 saturated carbocycles. The van der Waals surface area contributed by atoms with Gasteiger partial charge in [0.1, 0.15) is 5.75 Å². The van der Waals surface area contributed by atoms with E-state index in [-0.39, 0.29) is 18.2 Å². The number of aliphatic hydroxyl groups is 2. The van der Waals surface area contributed by atoms with E-state index in [2.05, 4.69) is 26.0 Å². The lowest BCUT2D eigenvalue weighted by atomic mass is 9.64. The Hall–Kier alpha value is -3.82. The maximum Gasteiger partial charge on any atom is 0.415 e. The van der Waals surface area contributed by atoms with E-state index in [4.69, 9.17) is 9.47 Å². The van der Waals surface area contributed by atoms with Gasteiger partial charge >= 0.3 is 6.09 Å². The number of benzene rings is 3. The van der Waals surface area contributed by atoms with Crippen LogP contribution in [0.25, 0.3) is 10.8 Å². The predicted molar refractivity (Wildman–Crippen MR) is 204 cm³/mol. The van der Waals surface area contributed by atoms with Gasteiger partial charge in [-0.3, -0.25) is 4.79 Å². The number of carbonyl (C=O) groups excluding carboxylic acids is 2. The monoisotopic (exact) mass is 709 g/mol. The number of thiophene rings is 1. The zero-order valence-electron chi connectivity index (χ0n) is 30.3. The van der Waals surface area contributed by atoms with Gasteiger partial charge < -0.3 is 24.6 Å². The largest absolute Gasteiger partial charge is 0.415 e. The van der Waals surface area contributed by atoms with Crippen LogP contribution in [-0.4, -0.2) is 65.5 Å². The highest BCUT2D eigenvalue weighted by Gasteiger charge is 2.57. The summed E-state index contributed by atoms with van der Waals surface area (Å²) in [5.74, 6) is 0.282. The van der Waals surface area contributed by atoms with Crippen molar-refractivity contribution in [1.29, 1.82) is 0 Å². The van der Waals surface area contributed by atoms with E-state index < -0.39 is 23.2 Å². The van der Waals surface area contributed by atoms with Gasteiger partial charge in [-0.25, -0.2) is 4.79 Å². The summed E-state index contributed by atoms with van der Waals surface area (Å²) in [4.78, 5) is 31.6. The fraction of sp³-hybridized carbons (Fsp3) is 0.442. The Balaban J connectivity index is 1.37. The fourth-order valence-corrected chi connectivity index (χ4v) is 9.05. The number of hydrogen-bond donors (Lipinski definition) is 2. The number of methoxy groups -OCH3 is 1. The summed E-state index contributed by atoms with van der Waals surface area (Å²) in [6.07, 6.45) is 6.20. The number of carbonyl (C=O) groups is 2. The lowest BCUT2D eigenvalue weighted by Crippen LogP contribution is -2.54. The van der Waals surface area contributed by atoms with Crippen LogP contribution in [0.5, 0.6) is 5.75 Å². The van der Waals surface area contributed by atoms with Crippen molar-refractivity contribution >= 4 is 34.0 Å². The average Bonchev–Trinajstić information content (AvgIpc) is 3.66. The van der Waals surface area contributed by atoms with E-state index >= 15 is 0 Å². The van der Waals surface area contributed by atoms with Crippen LogP contribution in [0.3, 0.4) is 0 Å². The molecule has 1 heterocycles. The normalized spacial score (nSPS) is 23.8. The van der Waals surface area contributed by atoms with Crippen LogP contribution >= 0.6 is 11.3 Å². The smallest absolute Gasteiger partial charge is 0.410 e. The lowest BCUT2D eigenvalue weighted by Gasteiger charge is -2.46. The Morgan fingerprint density at radius 1 is 0.980 bits per heavy atom. The highest BCUT2D eigenvalue weighted by Crippen LogP contribution is 2.59. The number of amides is 1. The number of hydrogen-bond acceptors (Lipinski definition) is 7. The van der Waals surface area contributed by atoms with Crippen molar-refractivity contribution < 1.29 is 29.3 Å². The first-order chi connectivity index (χ1) is 24.5. The second-order valence-electron chi connectivity index (χ2n) is 14.8. The van der Waals surface area contributed by atoms with Crippen molar-refractivity contribution in [2.24, 2.45) is 5.41 Å². The molecule has 8 heteroatoms. The van der Waals surface area contributed by atoms with Gasteiger partial charge in [0.2, 0.25) is 5.78 Å². The molecule has 1 aromatic heterocycles. The second kappa shape index (κ2) is 15.8. The van der Waals surface area contributed by atoms with E-state index in [0.29, 0.717) is 67.9 Å². The van der Waals surface area contributed by atoms with Crippen LogP contribution in [-0.2, 0) is 11.2 Å². The van der Waals surface area contributed by atoms with E-state index in [0.717, 1.165) is 39.6 Å². The molecule has 3 aliphatic rings. The van der Waals surface area contributed by atoms with Gasteiger partial charge in [-0.05, 0) is 123 Å². The van der Waals surface area contributed by atoms with Crippen molar-refractivity contribution in [3.05, 3.63) is 111 Å². The molecule has 2 N–H and O–H groups in total. The first-order valence-electron chi connectivity index (χ1n) is 18.2. The van der Waals surface area contributed by atoms with E-state index in [1.807, 2.05) is 67.6 Å². The number of rotatable bonds is 9. The summed E-state index contributed by atoms with van der Waals surface area (Å²) >= 11 is 1.49. The number of allylic oxidation sites excluding steroid dienone is 2. The summed E-state index contributed by atoms with van der Waals surface area (Å²) in [5.41, 5.74) is 1.75. The summed E-state index contributed by atoms with van der Waals surface area (Å²) in [7, 11) is 1.64. The quantitative estimate of drug-likeness (QED) is 0.102. The molecule has 270 valence electrons. The third-order valence-corrected chi connectivity index (χ3v) is 12.3. The number of aryl methyl sites for hydroxylation is 1. The highest BCUT2D eigenvalue weighted by molar-refractivity contribution is 7.14. The van der Waals surface area contributed by atoms with Crippen molar-refractivity contribution in [1.82, 2.24) is 4.90 Å². The molecule has 2 bridgehead atoms. The van der Waals surface area contributed by atoms with Crippen LogP contribution in [0.15, 0.2) is 84.4 Å². The lowest BCUT2D eigenvalue weighted by molar-refractivity contribution is -0.0795. The van der Waals surface area contributed by atoms with Gasteiger partial charge in [-0.2, -0.15) is 0 Å². The van der Waals surface area contributed by atoms with E-state index in [1.54, 1.807) is 18.1 Å². The summed E-state index contributed by atoms with van der Waals surface area (Å²) in [6, 6.07) is 23.5. The van der Waals surface area contributed by atoms with Gasteiger partial charge in [0.05, 0.1) is 23.1 Å². The number of nitrogens with zero attached hydrogens (tertiary/aromatic N) is 1. The minimum atomic E-state index is -1.26. The van der Waals surface area contributed by atoms with Crippen LogP contribution in [0.4, 0.5) is 4.79 Å². The first kappa shape index (κ1) is 37.0. The minimum Gasteiger partial charge on any atom is -0.410 e. The molecule has 4 unspecified atom stereocenters. The Kier molecular flexibility index (Phi) is 11.5. The summed E-state index contributed by atoms with van der Waals surface area (Å²) < 4.78 is 11.3. The molecule has 3 aliphatic carbocycles. The van der Waals surface area contributed by atoms with Gasteiger partial charge in [0.25, 0.3) is 0 Å². The third-order valence-electron chi connectivity index (χ3n) is 11.3. The number of ether oxygens (including phenoxy) is 2. The van der Waals surface area contributed by atoms with Gasteiger partial charge in [-0.1, -0.05) is 61.0 Å². The second-order valence-corrected chi connectivity index (χ2v) is 16.1. The Bertz CT molecular complexity index is 1900. The Morgan fingerprint density at radius 2 is 1.78 bits per heavy atom. The fourth-order valence-electron chi connectivity index (χ4n) is 8.23. The van der Waals surface area contributed by atoms with Crippen molar-refractivity contribution in [2.45, 2.75) is 89.8 Å². The summed E-state index contributed by atoms with van der Waals surface area (Å²) in [5, 5.41) is 25.9. The van der Waals surface area contributed by atoms with Crippen molar-refractivity contribution in [2.75, 3.05) is 26.8 Å². The molecule has 0 saturated heterocycles. The molecule has 1 fully saturated rings. The minimum absolute atomic E-state index is 0.0276. The van der Waals surface area contributed by atoms with Crippen LogP contribution in [0.1, 0.15) is 96.0 Å². The van der Waals surface area contributed by atoms with Crippen LogP contribution < -0.4 is 4.74 Å². The number of ketones is 1. The maximum atomic E-state index is 14.2. The Labute approximate surface area is 305 Å². The maximum absolute atomic E-state index is 14.2. The SMILES string of the molecule is COCCCN(CC1(O)CCC2c3ccc(cc3C(=O)c3ccc(C)s3)CC(O)CCC(C)=CCCC21C)C(=O)Oc1ccc2ccccc2c1. The van der Waals surface area contributed by atoms with Gasteiger partial charge in [0, 0.05) is 36.1 Å². The zero-order valence-corrected chi connectivity index (χ0v) is 31.1.